The first kappa shape index (κ1) is 20.2. The molecule has 2 amide bonds. The van der Waals surface area contributed by atoms with Gasteiger partial charge in [-0.3, -0.25) is 9.59 Å². The van der Waals surface area contributed by atoms with Crippen molar-refractivity contribution in [2.24, 2.45) is 11.8 Å². The van der Waals surface area contributed by atoms with Crippen LogP contribution in [0.25, 0.3) is 0 Å². The van der Waals surface area contributed by atoms with E-state index >= 15 is 0 Å². The maximum atomic E-state index is 12.7. The third-order valence-corrected chi connectivity index (χ3v) is 4.97. The van der Waals surface area contributed by atoms with E-state index in [1.54, 1.807) is 0 Å². The molecule has 2 rings (SSSR count). The van der Waals surface area contributed by atoms with Crippen molar-refractivity contribution < 1.29 is 9.59 Å². The van der Waals surface area contributed by atoms with Crippen LogP contribution >= 0.6 is 12.4 Å². The van der Waals surface area contributed by atoms with Crippen LogP contribution in [0.15, 0.2) is 0 Å². The van der Waals surface area contributed by atoms with Crippen molar-refractivity contribution >= 4 is 24.2 Å². The van der Waals surface area contributed by atoms with Crippen LogP contribution in [0, 0.1) is 11.8 Å². The molecule has 0 aromatic carbocycles. The quantitative estimate of drug-likeness (QED) is 0.773. The van der Waals surface area contributed by atoms with Crippen LogP contribution in [0.4, 0.5) is 0 Å². The van der Waals surface area contributed by atoms with E-state index in [4.69, 9.17) is 0 Å². The zero-order valence-electron chi connectivity index (χ0n) is 14.5. The van der Waals surface area contributed by atoms with Crippen molar-refractivity contribution in [2.45, 2.75) is 58.4 Å². The van der Waals surface area contributed by atoms with Crippen molar-refractivity contribution in [3.8, 4) is 0 Å². The number of hydrogen-bond donors (Lipinski definition) is 2. The molecule has 0 radical (unpaired) electrons. The van der Waals surface area contributed by atoms with Gasteiger partial charge in [0.2, 0.25) is 11.8 Å². The maximum absolute atomic E-state index is 12.7. The summed E-state index contributed by atoms with van der Waals surface area (Å²) in [5.74, 6) is 0.0658. The van der Waals surface area contributed by atoms with Gasteiger partial charge in [-0.1, -0.05) is 19.8 Å². The van der Waals surface area contributed by atoms with Crippen LogP contribution in [-0.4, -0.2) is 48.9 Å². The molecule has 1 saturated heterocycles. The molecule has 1 aliphatic carbocycles. The zero-order valence-corrected chi connectivity index (χ0v) is 15.3. The Hall–Kier alpha value is -0.810. The van der Waals surface area contributed by atoms with Gasteiger partial charge in [0.15, 0.2) is 0 Å². The summed E-state index contributed by atoms with van der Waals surface area (Å²) in [4.78, 5) is 27.2. The van der Waals surface area contributed by atoms with Crippen LogP contribution < -0.4 is 10.6 Å². The molecule has 0 aromatic heterocycles. The summed E-state index contributed by atoms with van der Waals surface area (Å²) in [5, 5.41) is 6.33. The summed E-state index contributed by atoms with van der Waals surface area (Å²) in [6.45, 7) is 7.41. The standard InChI is InChI=1S/C17H31N3O2.ClH/c1-3-18-13(2)12-19-16(21)14-8-4-5-9-15(14)17(22)20-10-6-7-11-20;/h13-15,18H,3-12H2,1-2H3,(H,19,21);1H/t13-,14?,15?;/m1./s1. The van der Waals surface area contributed by atoms with E-state index in [1.165, 1.54) is 0 Å². The number of halogens is 1. The van der Waals surface area contributed by atoms with Gasteiger partial charge in [0.05, 0.1) is 0 Å². The Bertz CT molecular complexity index is 386. The minimum Gasteiger partial charge on any atom is -0.354 e. The molecule has 2 aliphatic rings. The summed E-state index contributed by atoms with van der Waals surface area (Å²) in [7, 11) is 0. The van der Waals surface area contributed by atoms with Gasteiger partial charge in [0, 0.05) is 37.5 Å². The fourth-order valence-corrected chi connectivity index (χ4v) is 3.72. The fourth-order valence-electron chi connectivity index (χ4n) is 3.72. The summed E-state index contributed by atoms with van der Waals surface area (Å²) >= 11 is 0. The Labute approximate surface area is 146 Å². The highest BCUT2D eigenvalue weighted by molar-refractivity contribution is 5.88. The number of nitrogens with one attached hydrogen (secondary N) is 2. The number of carbonyl (C=O) groups is 2. The second kappa shape index (κ2) is 10.1. The highest BCUT2D eigenvalue weighted by Crippen LogP contribution is 2.32. The molecule has 0 spiro atoms. The molecule has 134 valence electrons. The first-order chi connectivity index (χ1) is 10.6. The van der Waals surface area contributed by atoms with Crippen molar-refractivity contribution in [1.82, 2.24) is 15.5 Å². The fraction of sp³-hybridized carbons (Fsp3) is 0.882. The highest BCUT2D eigenvalue weighted by atomic mass is 35.5. The van der Waals surface area contributed by atoms with E-state index in [0.29, 0.717) is 6.54 Å². The topological polar surface area (TPSA) is 61.4 Å². The number of rotatable bonds is 6. The third kappa shape index (κ3) is 5.64. The van der Waals surface area contributed by atoms with Gasteiger partial charge in [-0.15, -0.1) is 12.4 Å². The van der Waals surface area contributed by atoms with Crippen LogP contribution in [-0.2, 0) is 9.59 Å². The largest absolute Gasteiger partial charge is 0.354 e. The summed E-state index contributed by atoms with van der Waals surface area (Å²) < 4.78 is 0. The summed E-state index contributed by atoms with van der Waals surface area (Å²) in [6.07, 6.45) is 6.07. The first-order valence-corrected chi connectivity index (χ1v) is 8.93. The minimum atomic E-state index is -0.129. The smallest absolute Gasteiger partial charge is 0.226 e. The molecule has 23 heavy (non-hydrogen) atoms. The van der Waals surface area contributed by atoms with Gasteiger partial charge in [0.1, 0.15) is 0 Å². The minimum absolute atomic E-state index is 0. The lowest BCUT2D eigenvalue weighted by atomic mass is 9.78. The molecule has 3 atom stereocenters. The van der Waals surface area contributed by atoms with Crippen molar-refractivity contribution in [1.29, 1.82) is 0 Å². The SMILES string of the molecule is CCN[C@H](C)CNC(=O)C1CCCCC1C(=O)N1CCCC1.Cl. The summed E-state index contributed by atoms with van der Waals surface area (Å²) in [6, 6.07) is 0.269. The van der Waals surface area contributed by atoms with Crippen molar-refractivity contribution in [3.63, 3.8) is 0 Å². The van der Waals surface area contributed by atoms with E-state index in [-0.39, 0.29) is 42.1 Å². The molecule has 1 heterocycles. The number of likely N-dealkylation sites (N-methyl/N-ethyl adjacent to an activating group) is 1. The number of amides is 2. The molecule has 2 unspecified atom stereocenters. The van der Waals surface area contributed by atoms with Crippen LogP contribution in [0.2, 0.25) is 0 Å². The zero-order chi connectivity index (χ0) is 15.9. The Morgan fingerprint density at radius 1 is 1.09 bits per heavy atom. The molecule has 5 nitrogen and oxygen atoms in total. The van der Waals surface area contributed by atoms with Gasteiger partial charge in [0.25, 0.3) is 0 Å². The maximum Gasteiger partial charge on any atom is 0.226 e. The molecule has 1 aliphatic heterocycles. The number of carbonyl (C=O) groups excluding carboxylic acids is 2. The molecule has 1 saturated carbocycles. The first-order valence-electron chi connectivity index (χ1n) is 8.93. The van der Waals surface area contributed by atoms with Gasteiger partial charge in [-0.25, -0.2) is 0 Å². The third-order valence-electron chi connectivity index (χ3n) is 4.97. The second-order valence-electron chi connectivity index (χ2n) is 6.73. The lowest BCUT2D eigenvalue weighted by Gasteiger charge is -2.32. The van der Waals surface area contributed by atoms with E-state index in [0.717, 1.165) is 58.2 Å². The molecule has 2 fully saturated rings. The van der Waals surface area contributed by atoms with Gasteiger partial charge in [-0.05, 0) is 39.2 Å². The average Bonchev–Trinajstić information content (AvgIpc) is 3.06. The Morgan fingerprint density at radius 3 is 2.30 bits per heavy atom. The lowest BCUT2D eigenvalue weighted by molar-refractivity contribution is -0.142. The van der Waals surface area contributed by atoms with Crippen molar-refractivity contribution in [3.05, 3.63) is 0 Å². The molecule has 6 heteroatoms. The number of likely N-dealkylation sites (tertiary alicyclic amines) is 1. The predicted molar refractivity (Wildman–Crippen MR) is 94.7 cm³/mol. The van der Waals surface area contributed by atoms with E-state index in [1.807, 2.05) is 4.90 Å². The monoisotopic (exact) mass is 345 g/mol. The van der Waals surface area contributed by atoms with Crippen LogP contribution in [0.1, 0.15) is 52.4 Å². The van der Waals surface area contributed by atoms with E-state index in [2.05, 4.69) is 24.5 Å². The lowest BCUT2D eigenvalue weighted by Crippen LogP contribution is -2.47. The van der Waals surface area contributed by atoms with Gasteiger partial charge >= 0.3 is 0 Å². The Morgan fingerprint density at radius 2 is 1.70 bits per heavy atom. The molecule has 0 aromatic rings. The van der Waals surface area contributed by atoms with Crippen LogP contribution in [0.3, 0.4) is 0 Å². The molecular weight excluding hydrogens is 314 g/mol. The summed E-state index contributed by atoms with van der Waals surface area (Å²) in [5.41, 5.74) is 0. The van der Waals surface area contributed by atoms with E-state index in [9.17, 15) is 9.59 Å². The molecule has 2 N–H and O–H groups in total. The second-order valence-corrected chi connectivity index (χ2v) is 6.73. The normalized spacial score (nSPS) is 25.6. The van der Waals surface area contributed by atoms with Crippen LogP contribution in [0.5, 0.6) is 0 Å². The van der Waals surface area contributed by atoms with Gasteiger partial charge in [-0.2, -0.15) is 0 Å². The van der Waals surface area contributed by atoms with Crippen molar-refractivity contribution in [2.75, 3.05) is 26.2 Å². The van der Waals surface area contributed by atoms with Gasteiger partial charge < -0.3 is 15.5 Å². The average molecular weight is 346 g/mol. The molecular formula is C17H32ClN3O2. The number of nitrogens with zero attached hydrogens (tertiary/aromatic N) is 1. The number of hydrogen-bond acceptors (Lipinski definition) is 3. The highest BCUT2D eigenvalue weighted by Gasteiger charge is 2.38. The van der Waals surface area contributed by atoms with E-state index < -0.39 is 0 Å². The Balaban J connectivity index is 0.00000264. The predicted octanol–water partition coefficient (Wildman–Crippen LogP) is 1.95. The Kier molecular flexibility index (Phi) is 8.92. The molecule has 0 bridgehead atoms.